The van der Waals surface area contributed by atoms with E-state index in [0.29, 0.717) is 42.7 Å². The van der Waals surface area contributed by atoms with Crippen molar-refractivity contribution in [2.75, 3.05) is 26.2 Å². The van der Waals surface area contributed by atoms with Gasteiger partial charge in [-0.05, 0) is 73.1 Å². The zero-order valence-corrected chi connectivity index (χ0v) is 21.5. The van der Waals surface area contributed by atoms with E-state index in [1.165, 1.54) is 12.1 Å². The van der Waals surface area contributed by atoms with Crippen LogP contribution >= 0.6 is 23.2 Å². The van der Waals surface area contributed by atoms with Gasteiger partial charge in [-0.25, -0.2) is 9.18 Å². The molecule has 4 rings (SSSR count). The molecule has 0 unspecified atom stereocenters. The molecule has 0 radical (unpaired) electrons. The third-order valence-electron chi connectivity index (χ3n) is 7.01. The molecule has 0 saturated carbocycles. The van der Waals surface area contributed by atoms with Gasteiger partial charge in [0, 0.05) is 41.6 Å². The minimum atomic E-state index is -0.301. The Balaban J connectivity index is 1.35. The minimum Gasteiger partial charge on any atom is -0.449 e. The van der Waals surface area contributed by atoms with Crippen molar-refractivity contribution >= 4 is 35.2 Å². The van der Waals surface area contributed by atoms with E-state index >= 15 is 0 Å². The van der Waals surface area contributed by atoms with Gasteiger partial charge in [-0.1, -0.05) is 48.7 Å². The maximum Gasteiger partial charge on any atom is 0.409 e. The van der Waals surface area contributed by atoms with Gasteiger partial charge in [0.2, 0.25) is 5.91 Å². The molecule has 0 aromatic heterocycles. The molecule has 35 heavy (non-hydrogen) atoms. The average Bonchev–Trinajstić information content (AvgIpc) is 3.21. The molecule has 2 aliphatic rings. The number of likely N-dealkylation sites (tertiary alicyclic amines) is 2. The van der Waals surface area contributed by atoms with Crippen LogP contribution in [0.1, 0.15) is 44.6 Å². The maximum absolute atomic E-state index is 13.3. The predicted octanol–water partition coefficient (Wildman–Crippen LogP) is 6.59. The first-order valence-electron chi connectivity index (χ1n) is 12.3. The van der Waals surface area contributed by atoms with Crippen molar-refractivity contribution in [3.8, 4) is 11.1 Å². The Labute approximate surface area is 216 Å². The molecule has 2 amide bonds. The maximum atomic E-state index is 13.3. The third kappa shape index (κ3) is 6.10. The summed E-state index contributed by atoms with van der Waals surface area (Å²) in [6, 6.07) is 9.95. The Morgan fingerprint density at radius 1 is 1.03 bits per heavy atom. The molecular formula is C27H31Cl2FN2O3. The summed E-state index contributed by atoms with van der Waals surface area (Å²) >= 11 is 13.2. The fraction of sp³-hybridized carbons (Fsp3) is 0.481. The molecule has 2 saturated heterocycles. The van der Waals surface area contributed by atoms with Gasteiger partial charge in [0.1, 0.15) is 5.82 Å². The van der Waals surface area contributed by atoms with Crippen molar-refractivity contribution in [1.29, 1.82) is 0 Å². The lowest BCUT2D eigenvalue weighted by Gasteiger charge is -2.36. The Kier molecular flexibility index (Phi) is 8.55. The molecule has 5 nitrogen and oxygen atoms in total. The molecule has 2 aromatic carbocycles. The van der Waals surface area contributed by atoms with E-state index in [9.17, 15) is 14.0 Å². The largest absolute Gasteiger partial charge is 0.449 e. The van der Waals surface area contributed by atoms with Crippen LogP contribution in [-0.4, -0.2) is 54.1 Å². The molecule has 8 heteroatoms. The van der Waals surface area contributed by atoms with Crippen molar-refractivity contribution in [3.05, 3.63) is 57.8 Å². The summed E-state index contributed by atoms with van der Waals surface area (Å²) in [6.45, 7) is 4.43. The summed E-state index contributed by atoms with van der Waals surface area (Å²) in [7, 11) is 0. The van der Waals surface area contributed by atoms with Crippen LogP contribution in [-0.2, 0) is 16.0 Å². The van der Waals surface area contributed by atoms with Gasteiger partial charge in [-0.3, -0.25) is 4.79 Å². The summed E-state index contributed by atoms with van der Waals surface area (Å²) in [5.41, 5.74) is 2.40. The van der Waals surface area contributed by atoms with Gasteiger partial charge in [0.25, 0.3) is 0 Å². The Morgan fingerprint density at radius 2 is 1.69 bits per heavy atom. The number of rotatable bonds is 7. The topological polar surface area (TPSA) is 49.9 Å². The fourth-order valence-electron chi connectivity index (χ4n) is 4.92. The van der Waals surface area contributed by atoms with E-state index in [2.05, 4.69) is 6.92 Å². The van der Waals surface area contributed by atoms with Crippen molar-refractivity contribution < 1.29 is 18.7 Å². The van der Waals surface area contributed by atoms with Crippen LogP contribution in [0.25, 0.3) is 11.1 Å². The van der Waals surface area contributed by atoms with Crippen molar-refractivity contribution in [2.45, 2.75) is 51.5 Å². The lowest BCUT2D eigenvalue weighted by atomic mass is 9.95. The lowest BCUT2D eigenvalue weighted by molar-refractivity contribution is -0.133. The molecule has 2 aromatic rings. The Morgan fingerprint density at radius 3 is 2.31 bits per heavy atom. The van der Waals surface area contributed by atoms with Crippen molar-refractivity contribution in [2.24, 2.45) is 5.92 Å². The van der Waals surface area contributed by atoms with E-state index in [1.54, 1.807) is 17.0 Å². The zero-order valence-electron chi connectivity index (χ0n) is 19.9. The molecule has 2 aliphatic heterocycles. The summed E-state index contributed by atoms with van der Waals surface area (Å²) in [4.78, 5) is 29.1. The number of nitrogens with zero attached hydrogens (tertiary/aromatic N) is 2. The second kappa shape index (κ2) is 11.6. The molecule has 0 N–H and O–H groups in total. The van der Waals surface area contributed by atoms with Gasteiger partial charge < -0.3 is 14.5 Å². The number of ether oxygens (including phenoxy) is 1. The molecular weight excluding hydrogens is 490 g/mol. The number of unbranched alkanes of at least 4 members (excludes halogenated alkanes) is 1. The van der Waals surface area contributed by atoms with Crippen LogP contribution in [0, 0.1) is 11.7 Å². The van der Waals surface area contributed by atoms with Crippen LogP contribution < -0.4 is 0 Å². The summed E-state index contributed by atoms with van der Waals surface area (Å²) in [6.07, 6.45) is 4.36. The number of hydrogen-bond acceptors (Lipinski definition) is 3. The number of amides is 2. The van der Waals surface area contributed by atoms with E-state index < -0.39 is 0 Å². The smallest absolute Gasteiger partial charge is 0.409 e. The van der Waals surface area contributed by atoms with Gasteiger partial charge in [-0.15, -0.1) is 0 Å². The monoisotopic (exact) mass is 520 g/mol. The van der Waals surface area contributed by atoms with Crippen LogP contribution in [0.5, 0.6) is 0 Å². The number of piperidine rings is 1. The predicted molar refractivity (Wildman–Crippen MR) is 136 cm³/mol. The molecule has 0 spiro atoms. The highest BCUT2D eigenvalue weighted by Crippen LogP contribution is 2.36. The van der Waals surface area contributed by atoms with E-state index in [1.807, 2.05) is 17.0 Å². The van der Waals surface area contributed by atoms with Gasteiger partial charge in [-0.2, -0.15) is 0 Å². The second-order valence-corrected chi connectivity index (χ2v) is 10.1. The number of carbonyl (C=O) groups excluding carboxylic acids is 2. The van der Waals surface area contributed by atoms with E-state index in [-0.39, 0.29) is 29.8 Å². The zero-order chi connectivity index (χ0) is 24.9. The molecule has 1 atom stereocenters. The van der Waals surface area contributed by atoms with Crippen LogP contribution in [0.15, 0.2) is 36.4 Å². The SMILES string of the molecule is CCCCOC(=O)N1CCC(N2CC[C@@H](Cc3c(Cl)cc(-c4ccc(F)cc4)cc3Cl)C2=O)CC1. The number of hydrogen-bond donors (Lipinski definition) is 0. The van der Waals surface area contributed by atoms with Gasteiger partial charge >= 0.3 is 6.09 Å². The Hall–Kier alpha value is -2.31. The molecule has 2 fully saturated rings. The van der Waals surface area contributed by atoms with E-state index in [4.69, 9.17) is 27.9 Å². The first-order chi connectivity index (χ1) is 16.9. The number of benzene rings is 2. The first-order valence-corrected chi connectivity index (χ1v) is 13.1. The lowest BCUT2D eigenvalue weighted by Crippen LogP contribution is -2.47. The van der Waals surface area contributed by atoms with E-state index in [0.717, 1.165) is 48.8 Å². The number of halogens is 3. The molecule has 2 heterocycles. The molecule has 0 aliphatic carbocycles. The van der Waals surface area contributed by atoms with Crippen molar-refractivity contribution in [3.63, 3.8) is 0 Å². The highest BCUT2D eigenvalue weighted by Gasteiger charge is 2.38. The standard InChI is InChI=1S/C27H31Cl2FN2O3/c1-2-3-14-35-27(34)31-11-9-22(10-12-31)32-13-8-19(26(32)33)15-23-24(28)16-20(17-25(23)29)18-4-6-21(30)7-5-18/h4-7,16-17,19,22H,2-3,8-15H2,1H3/t19-/m0/s1. The Bertz CT molecular complexity index is 1030. The normalized spacial score (nSPS) is 18.9. The van der Waals surface area contributed by atoms with Crippen LogP contribution in [0.2, 0.25) is 10.0 Å². The highest BCUT2D eigenvalue weighted by atomic mass is 35.5. The first kappa shape index (κ1) is 25.8. The molecule has 0 bridgehead atoms. The van der Waals surface area contributed by atoms with Crippen LogP contribution in [0.3, 0.4) is 0 Å². The van der Waals surface area contributed by atoms with Crippen LogP contribution in [0.4, 0.5) is 9.18 Å². The third-order valence-corrected chi connectivity index (χ3v) is 7.68. The fourth-order valence-corrected chi connectivity index (χ4v) is 5.57. The highest BCUT2D eigenvalue weighted by molar-refractivity contribution is 6.36. The summed E-state index contributed by atoms with van der Waals surface area (Å²) in [5.74, 6) is -0.341. The second-order valence-electron chi connectivity index (χ2n) is 9.33. The minimum absolute atomic E-state index is 0.128. The number of carbonyl (C=O) groups is 2. The van der Waals surface area contributed by atoms with Crippen molar-refractivity contribution in [1.82, 2.24) is 9.80 Å². The van der Waals surface area contributed by atoms with Gasteiger partial charge in [0.05, 0.1) is 6.61 Å². The average molecular weight is 521 g/mol. The molecule has 188 valence electrons. The quantitative estimate of drug-likeness (QED) is 0.386. The van der Waals surface area contributed by atoms with Gasteiger partial charge in [0.15, 0.2) is 0 Å². The summed E-state index contributed by atoms with van der Waals surface area (Å²) in [5, 5.41) is 1.02. The summed E-state index contributed by atoms with van der Waals surface area (Å²) < 4.78 is 18.6.